The molecule has 1 aromatic carbocycles. The molecule has 168 valence electrons. The van der Waals surface area contributed by atoms with E-state index < -0.39 is 0 Å². The lowest BCUT2D eigenvalue weighted by Gasteiger charge is -2.17. The number of rotatable bonds is 8. The highest BCUT2D eigenvalue weighted by Crippen LogP contribution is 2.14. The molecular formula is C22H36IN5O2. The van der Waals surface area contributed by atoms with Crippen molar-refractivity contribution in [1.82, 2.24) is 20.4 Å². The molecule has 7 nitrogen and oxygen atoms in total. The SMILES string of the molecule is CN(C)C(=O)CNC(=NCc1ccc(CN2CCCC2)cc1)NCC1CCOC1.I. The van der Waals surface area contributed by atoms with Crippen molar-refractivity contribution in [3.63, 3.8) is 0 Å². The molecule has 2 aliphatic heterocycles. The van der Waals surface area contributed by atoms with Crippen LogP contribution in [0.25, 0.3) is 0 Å². The number of guanidine groups is 1. The molecule has 2 heterocycles. The maximum atomic E-state index is 11.9. The van der Waals surface area contributed by atoms with E-state index in [2.05, 4.69) is 39.8 Å². The Morgan fingerprint density at radius 2 is 1.87 bits per heavy atom. The van der Waals surface area contributed by atoms with Crippen LogP contribution in [0, 0.1) is 5.92 Å². The van der Waals surface area contributed by atoms with Crippen molar-refractivity contribution in [3.8, 4) is 0 Å². The fourth-order valence-corrected chi connectivity index (χ4v) is 3.60. The predicted octanol–water partition coefficient (Wildman–Crippen LogP) is 2.06. The van der Waals surface area contributed by atoms with Crippen molar-refractivity contribution in [2.45, 2.75) is 32.4 Å². The summed E-state index contributed by atoms with van der Waals surface area (Å²) in [5, 5.41) is 6.52. The molecular weight excluding hydrogens is 493 g/mol. The van der Waals surface area contributed by atoms with Crippen LogP contribution in [0.4, 0.5) is 0 Å². The van der Waals surface area contributed by atoms with E-state index in [1.807, 2.05) is 0 Å². The van der Waals surface area contributed by atoms with E-state index >= 15 is 0 Å². The van der Waals surface area contributed by atoms with Gasteiger partial charge in [-0.2, -0.15) is 0 Å². The standard InChI is InChI=1S/C22H35N5O2.HI/c1-26(2)21(28)15-25-22(24-14-20-9-12-29-17-20)23-13-18-5-7-19(8-6-18)16-27-10-3-4-11-27;/h5-8,20H,3-4,9-17H2,1-2H3,(H2,23,24,25);1H. The lowest BCUT2D eigenvalue weighted by atomic mass is 10.1. The molecule has 0 aliphatic carbocycles. The number of amides is 1. The van der Waals surface area contributed by atoms with Crippen LogP contribution in [-0.4, -0.2) is 75.2 Å². The molecule has 1 aromatic rings. The zero-order valence-corrected chi connectivity index (χ0v) is 20.6. The van der Waals surface area contributed by atoms with Gasteiger partial charge >= 0.3 is 0 Å². The Morgan fingerprint density at radius 1 is 1.17 bits per heavy atom. The second-order valence-corrected chi connectivity index (χ2v) is 8.22. The van der Waals surface area contributed by atoms with Gasteiger partial charge in [0, 0.05) is 39.7 Å². The van der Waals surface area contributed by atoms with E-state index in [0.29, 0.717) is 18.4 Å². The van der Waals surface area contributed by atoms with Gasteiger partial charge in [0.15, 0.2) is 5.96 Å². The molecule has 0 bridgehead atoms. The average molecular weight is 529 g/mol. The van der Waals surface area contributed by atoms with Gasteiger partial charge in [-0.15, -0.1) is 24.0 Å². The monoisotopic (exact) mass is 529 g/mol. The number of likely N-dealkylation sites (tertiary alicyclic amines) is 1. The summed E-state index contributed by atoms with van der Waals surface area (Å²) >= 11 is 0. The topological polar surface area (TPSA) is 69.2 Å². The minimum atomic E-state index is 0. The summed E-state index contributed by atoms with van der Waals surface area (Å²) in [5.74, 6) is 1.19. The molecule has 1 amide bonds. The number of aliphatic imine (C=N–C) groups is 1. The van der Waals surface area contributed by atoms with Crippen LogP contribution >= 0.6 is 24.0 Å². The molecule has 1 unspecified atom stereocenters. The minimum Gasteiger partial charge on any atom is -0.381 e. The summed E-state index contributed by atoms with van der Waals surface area (Å²) < 4.78 is 5.44. The van der Waals surface area contributed by atoms with Crippen LogP contribution in [0.3, 0.4) is 0 Å². The first-order valence-corrected chi connectivity index (χ1v) is 10.7. The Bertz CT molecular complexity index is 669. The fraction of sp³-hybridized carbons (Fsp3) is 0.636. The lowest BCUT2D eigenvalue weighted by molar-refractivity contribution is -0.127. The number of ether oxygens (including phenoxy) is 1. The summed E-state index contributed by atoms with van der Waals surface area (Å²) in [5.41, 5.74) is 2.52. The minimum absolute atomic E-state index is 0. The number of halogens is 1. The van der Waals surface area contributed by atoms with E-state index in [9.17, 15) is 4.79 Å². The number of hydrogen-bond donors (Lipinski definition) is 2. The maximum Gasteiger partial charge on any atom is 0.241 e. The molecule has 0 aromatic heterocycles. The second kappa shape index (κ2) is 13.1. The Morgan fingerprint density at radius 3 is 2.50 bits per heavy atom. The number of nitrogens with zero attached hydrogens (tertiary/aromatic N) is 3. The fourth-order valence-electron chi connectivity index (χ4n) is 3.60. The van der Waals surface area contributed by atoms with Gasteiger partial charge in [-0.1, -0.05) is 24.3 Å². The van der Waals surface area contributed by atoms with E-state index in [1.165, 1.54) is 37.1 Å². The summed E-state index contributed by atoms with van der Waals surface area (Å²) in [6, 6.07) is 8.72. The van der Waals surface area contributed by atoms with E-state index in [-0.39, 0.29) is 36.4 Å². The van der Waals surface area contributed by atoms with Crippen LogP contribution in [0.15, 0.2) is 29.3 Å². The maximum absolute atomic E-state index is 11.9. The predicted molar refractivity (Wildman–Crippen MR) is 131 cm³/mol. The van der Waals surface area contributed by atoms with E-state index in [0.717, 1.165) is 32.7 Å². The van der Waals surface area contributed by atoms with Crippen LogP contribution in [-0.2, 0) is 22.6 Å². The van der Waals surface area contributed by atoms with Crippen molar-refractivity contribution >= 4 is 35.8 Å². The van der Waals surface area contributed by atoms with Gasteiger partial charge in [-0.25, -0.2) is 4.99 Å². The smallest absolute Gasteiger partial charge is 0.241 e. The first-order valence-electron chi connectivity index (χ1n) is 10.7. The van der Waals surface area contributed by atoms with Crippen LogP contribution in [0.1, 0.15) is 30.4 Å². The summed E-state index contributed by atoms with van der Waals surface area (Å²) in [4.78, 5) is 20.7. The molecule has 8 heteroatoms. The Hall–Kier alpha value is -1.39. The van der Waals surface area contributed by atoms with E-state index in [4.69, 9.17) is 9.73 Å². The number of carbonyl (C=O) groups is 1. The third-order valence-corrected chi connectivity index (χ3v) is 5.54. The molecule has 2 N–H and O–H groups in total. The third kappa shape index (κ3) is 8.39. The number of likely N-dealkylation sites (N-methyl/N-ethyl adjacent to an activating group) is 1. The summed E-state index contributed by atoms with van der Waals surface area (Å²) in [7, 11) is 3.52. The first kappa shape index (κ1) is 24.9. The van der Waals surface area contributed by atoms with Crippen molar-refractivity contribution in [1.29, 1.82) is 0 Å². The van der Waals surface area contributed by atoms with Crippen LogP contribution in [0.2, 0.25) is 0 Å². The van der Waals surface area contributed by atoms with Crippen LogP contribution < -0.4 is 10.6 Å². The number of benzene rings is 1. The van der Waals surface area contributed by atoms with Gasteiger partial charge in [-0.3, -0.25) is 9.69 Å². The van der Waals surface area contributed by atoms with Crippen molar-refractivity contribution < 1.29 is 9.53 Å². The van der Waals surface area contributed by atoms with Gasteiger partial charge in [0.05, 0.1) is 19.7 Å². The number of nitrogens with one attached hydrogen (secondary N) is 2. The summed E-state index contributed by atoms with van der Waals surface area (Å²) in [6.07, 6.45) is 3.70. The molecule has 0 radical (unpaired) electrons. The Labute approximate surface area is 197 Å². The summed E-state index contributed by atoms with van der Waals surface area (Å²) in [6.45, 7) is 6.69. The molecule has 0 saturated carbocycles. The van der Waals surface area contributed by atoms with Gasteiger partial charge in [-0.05, 0) is 43.5 Å². The molecule has 1 atom stereocenters. The average Bonchev–Trinajstić information content (AvgIpc) is 3.42. The number of hydrogen-bond acceptors (Lipinski definition) is 4. The highest BCUT2D eigenvalue weighted by molar-refractivity contribution is 14.0. The highest BCUT2D eigenvalue weighted by Gasteiger charge is 2.16. The zero-order chi connectivity index (χ0) is 20.5. The van der Waals surface area contributed by atoms with Gasteiger partial charge in [0.25, 0.3) is 0 Å². The van der Waals surface area contributed by atoms with Gasteiger partial charge < -0.3 is 20.3 Å². The van der Waals surface area contributed by atoms with Crippen LogP contribution in [0.5, 0.6) is 0 Å². The van der Waals surface area contributed by atoms with E-state index in [1.54, 1.807) is 19.0 Å². The van der Waals surface area contributed by atoms with Crippen molar-refractivity contribution in [2.75, 3.05) is 53.5 Å². The van der Waals surface area contributed by atoms with Crippen molar-refractivity contribution in [2.24, 2.45) is 10.9 Å². The normalized spacial score (nSPS) is 19.4. The second-order valence-electron chi connectivity index (χ2n) is 8.22. The van der Waals surface area contributed by atoms with Gasteiger partial charge in [0.2, 0.25) is 5.91 Å². The third-order valence-electron chi connectivity index (χ3n) is 5.54. The number of carbonyl (C=O) groups excluding carboxylic acids is 1. The lowest BCUT2D eigenvalue weighted by Crippen LogP contribution is -2.44. The molecule has 30 heavy (non-hydrogen) atoms. The van der Waals surface area contributed by atoms with Gasteiger partial charge in [0.1, 0.15) is 0 Å². The zero-order valence-electron chi connectivity index (χ0n) is 18.2. The molecule has 2 fully saturated rings. The Balaban J connectivity index is 0.00000320. The first-order chi connectivity index (χ1) is 14.1. The molecule has 0 spiro atoms. The largest absolute Gasteiger partial charge is 0.381 e. The van der Waals surface area contributed by atoms with Crippen molar-refractivity contribution in [3.05, 3.63) is 35.4 Å². The quantitative estimate of drug-likeness (QED) is 0.307. The molecule has 3 rings (SSSR count). The highest BCUT2D eigenvalue weighted by atomic mass is 127. The Kier molecular flexibility index (Phi) is 10.9. The molecule has 2 saturated heterocycles. The molecule has 2 aliphatic rings.